The number of ether oxygens (including phenoxy) is 1. The minimum absolute atomic E-state index is 0.144. The van der Waals surface area contributed by atoms with Gasteiger partial charge in [-0.15, -0.1) is 0 Å². The van der Waals surface area contributed by atoms with Gasteiger partial charge in [-0.25, -0.2) is 0 Å². The van der Waals surface area contributed by atoms with E-state index in [1.165, 1.54) is 0 Å². The normalized spacial score (nSPS) is 10.2. The topological polar surface area (TPSA) is 70.7 Å². The first kappa shape index (κ1) is 20.6. The van der Waals surface area contributed by atoms with Gasteiger partial charge in [0.1, 0.15) is 5.75 Å². The van der Waals surface area contributed by atoms with E-state index in [0.29, 0.717) is 28.6 Å². The molecule has 0 aliphatic rings. The van der Waals surface area contributed by atoms with Crippen LogP contribution in [0.4, 0.5) is 11.4 Å². The highest BCUT2D eigenvalue weighted by Gasteiger charge is 2.14. The van der Waals surface area contributed by atoms with Gasteiger partial charge in [-0.3, -0.25) is 9.59 Å². The van der Waals surface area contributed by atoms with Gasteiger partial charge in [0.25, 0.3) is 11.8 Å². The lowest BCUT2D eigenvalue weighted by molar-refractivity contribution is -0.118. The molecule has 0 aliphatic carbocycles. The molecule has 0 bridgehead atoms. The molecule has 0 aromatic heterocycles. The summed E-state index contributed by atoms with van der Waals surface area (Å²) < 4.78 is 5.43. The Hall–Kier alpha value is -2.73. The van der Waals surface area contributed by atoms with Crippen molar-refractivity contribution >= 4 is 34.8 Å². The first-order chi connectivity index (χ1) is 12.9. The maximum Gasteiger partial charge on any atom is 0.262 e. The highest BCUT2D eigenvalue weighted by atomic mass is 35.5. The van der Waals surface area contributed by atoms with Gasteiger partial charge in [-0.2, -0.15) is 0 Å². The van der Waals surface area contributed by atoms with Crippen molar-refractivity contribution in [1.82, 2.24) is 5.32 Å². The zero-order chi connectivity index (χ0) is 19.8. The molecule has 0 heterocycles. The third-order valence-corrected chi connectivity index (χ3v) is 3.98. The van der Waals surface area contributed by atoms with E-state index in [4.69, 9.17) is 16.3 Å². The fourth-order valence-corrected chi connectivity index (χ4v) is 2.52. The molecule has 0 fully saturated rings. The molecule has 2 aromatic carbocycles. The van der Waals surface area contributed by atoms with Gasteiger partial charge >= 0.3 is 0 Å². The lowest BCUT2D eigenvalue weighted by atomic mass is 10.1. The quantitative estimate of drug-likeness (QED) is 0.724. The SMILES string of the molecule is CCCNC(=O)c1cc(NC(=O)COc2ccc(Cl)cc2)ccc1N(C)C. The van der Waals surface area contributed by atoms with Gasteiger partial charge in [-0.1, -0.05) is 18.5 Å². The van der Waals surface area contributed by atoms with Crippen molar-refractivity contribution in [3.63, 3.8) is 0 Å². The van der Waals surface area contributed by atoms with Crippen molar-refractivity contribution in [2.45, 2.75) is 13.3 Å². The van der Waals surface area contributed by atoms with Crippen LogP contribution in [-0.2, 0) is 4.79 Å². The summed E-state index contributed by atoms with van der Waals surface area (Å²) in [5.74, 6) is 0.0636. The number of carbonyl (C=O) groups is 2. The highest BCUT2D eigenvalue weighted by Crippen LogP contribution is 2.23. The third kappa shape index (κ3) is 6.18. The van der Waals surface area contributed by atoms with Gasteiger partial charge in [0, 0.05) is 37.0 Å². The Balaban J connectivity index is 2.05. The predicted molar refractivity (Wildman–Crippen MR) is 109 cm³/mol. The average Bonchev–Trinajstić information content (AvgIpc) is 2.65. The summed E-state index contributed by atoms with van der Waals surface area (Å²) in [7, 11) is 3.73. The number of halogens is 1. The minimum atomic E-state index is -0.317. The number of carbonyl (C=O) groups excluding carboxylic acids is 2. The Kier molecular flexibility index (Phi) is 7.49. The van der Waals surface area contributed by atoms with Crippen molar-refractivity contribution in [2.24, 2.45) is 0 Å². The molecule has 2 N–H and O–H groups in total. The van der Waals surface area contributed by atoms with Gasteiger partial charge in [0.15, 0.2) is 6.61 Å². The van der Waals surface area contributed by atoms with E-state index in [0.717, 1.165) is 12.1 Å². The van der Waals surface area contributed by atoms with Crippen LogP contribution >= 0.6 is 11.6 Å². The third-order valence-electron chi connectivity index (χ3n) is 3.73. The Morgan fingerprint density at radius 1 is 1.11 bits per heavy atom. The van der Waals surface area contributed by atoms with Crippen LogP contribution in [0.15, 0.2) is 42.5 Å². The fourth-order valence-electron chi connectivity index (χ4n) is 2.40. The second-order valence-electron chi connectivity index (χ2n) is 6.17. The van der Waals surface area contributed by atoms with Crippen molar-refractivity contribution < 1.29 is 14.3 Å². The van der Waals surface area contributed by atoms with Crippen molar-refractivity contribution in [3.8, 4) is 5.75 Å². The lowest BCUT2D eigenvalue weighted by Gasteiger charge is -2.18. The number of benzene rings is 2. The molecular formula is C20H24ClN3O3. The summed E-state index contributed by atoms with van der Waals surface area (Å²) in [5, 5.41) is 6.21. The molecule has 0 aliphatic heterocycles. The second-order valence-corrected chi connectivity index (χ2v) is 6.61. The molecule has 0 spiro atoms. The largest absolute Gasteiger partial charge is 0.484 e. The minimum Gasteiger partial charge on any atom is -0.484 e. The van der Waals surface area contributed by atoms with Crippen molar-refractivity contribution in [1.29, 1.82) is 0 Å². The molecule has 2 amide bonds. The predicted octanol–water partition coefficient (Wildman–Crippen LogP) is 3.56. The molecule has 2 aromatic rings. The molecule has 6 nitrogen and oxygen atoms in total. The number of hydrogen-bond donors (Lipinski definition) is 2. The summed E-state index contributed by atoms with van der Waals surface area (Å²) in [6.07, 6.45) is 0.849. The zero-order valence-electron chi connectivity index (χ0n) is 15.7. The second kappa shape index (κ2) is 9.83. The zero-order valence-corrected chi connectivity index (χ0v) is 16.5. The molecular weight excluding hydrogens is 366 g/mol. The van der Waals surface area contributed by atoms with Gasteiger partial charge in [0.2, 0.25) is 0 Å². The Morgan fingerprint density at radius 2 is 1.81 bits per heavy atom. The Bertz CT molecular complexity index is 792. The van der Waals surface area contributed by atoms with Crippen LogP contribution in [0.3, 0.4) is 0 Å². The van der Waals surface area contributed by atoms with Gasteiger partial charge in [0.05, 0.1) is 5.56 Å². The van der Waals surface area contributed by atoms with E-state index >= 15 is 0 Å². The van der Waals surface area contributed by atoms with Crippen LogP contribution in [-0.4, -0.2) is 39.1 Å². The summed E-state index contributed by atoms with van der Waals surface area (Å²) in [4.78, 5) is 26.4. The molecule has 7 heteroatoms. The summed E-state index contributed by atoms with van der Waals surface area (Å²) >= 11 is 5.82. The van der Waals surface area contributed by atoms with Gasteiger partial charge < -0.3 is 20.3 Å². The van der Waals surface area contributed by atoms with Crippen molar-refractivity contribution in [2.75, 3.05) is 37.5 Å². The van der Waals surface area contributed by atoms with E-state index in [2.05, 4.69) is 10.6 Å². The molecule has 144 valence electrons. The first-order valence-corrected chi connectivity index (χ1v) is 9.06. The molecule has 0 atom stereocenters. The molecule has 0 saturated heterocycles. The molecule has 0 unspecified atom stereocenters. The number of hydrogen-bond acceptors (Lipinski definition) is 4. The number of amides is 2. The van der Waals surface area contributed by atoms with Crippen LogP contribution in [0.1, 0.15) is 23.7 Å². The maximum atomic E-state index is 12.4. The lowest BCUT2D eigenvalue weighted by Crippen LogP contribution is -2.27. The fraction of sp³-hybridized carbons (Fsp3) is 0.300. The number of rotatable bonds is 8. The standard InChI is InChI=1S/C20H24ClN3O3/c1-4-11-22-20(26)17-12-15(7-10-18(17)24(2)3)23-19(25)13-27-16-8-5-14(21)6-9-16/h5-10,12H,4,11,13H2,1-3H3,(H,22,26)(H,23,25). The number of nitrogens with one attached hydrogen (secondary N) is 2. The average molecular weight is 390 g/mol. The van der Waals surface area contributed by atoms with E-state index < -0.39 is 0 Å². The first-order valence-electron chi connectivity index (χ1n) is 8.68. The van der Waals surface area contributed by atoms with Crippen LogP contribution in [0.5, 0.6) is 5.75 Å². The summed E-state index contributed by atoms with van der Waals surface area (Å²) in [6, 6.07) is 12.0. The number of nitrogens with zero attached hydrogens (tertiary/aromatic N) is 1. The molecule has 0 saturated carbocycles. The Labute approximate surface area is 164 Å². The smallest absolute Gasteiger partial charge is 0.262 e. The highest BCUT2D eigenvalue weighted by molar-refractivity contribution is 6.30. The van der Waals surface area contributed by atoms with E-state index in [9.17, 15) is 9.59 Å². The van der Waals surface area contributed by atoms with E-state index in [1.807, 2.05) is 25.9 Å². The molecule has 27 heavy (non-hydrogen) atoms. The van der Waals surface area contributed by atoms with E-state index in [1.54, 1.807) is 42.5 Å². The van der Waals surface area contributed by atoms with Crippen LogP contribution < -0.4 is 20.3 Å². The number of anilines is 2. The van der Waals surface area contributed by atoms with Crippen molar-refractivity contribution in [3.05, 3.63) is 53.1 Å². The van der Waals surface area contributed by atoms with Gasteiger partial charge in [-0.05, 0) is 48.9 Å². The molecule has 0 radical (unpaired) electrons. The molecule has 2 rings (SSSR count). The maximum absolute atomic E-state index is 12.4. The van der Waals surface area contributed by atoms with E-state index in [-0.39, 0.29) is 18.4 Å². The monoisotopic (exact) mass is 389 g/mol. The summed E-state index contributed by atoms with van der Waals surface area (Å²) in [6.45, 7) is 2.44. The van der Waals surface area contributed by atoms with Crippen LogP contribution in [0.2, 0.25) is 5.02 Å². The summed E-state index contributed by atoms with van der Waals surface area (Å²) in [5.41, 5.74) is 1.82. The van der Waals surface area contributed by atoms with Crippen LogP contribution in [0, 0.1) is 0 Å². The van der Waals surface area contributed by atoms with Crippen LogP contribution in [0.25, 0.3) is 0 Å². The Morgan fingerprint density at radius 3 is 2.44 bits per heavy atom.